The van der Waals surface area contributed by atoms with Gasteiger partial charge in [0.2, 0.25) is 0 Å². The van der Waals surface area contributed by atoms with E-state index in [2.05, 4.69) is 5.32 Å². The highest BCUT2D eigenvalue weighted by Gasteiger charge is 1.96. The van der Waals surface area contributed by atoms with E-state index >= 15 is 0 Å². The second-order valence-corrected chi connectivity index (χ2v) is 5.00. The van der Waals surface area contributed by atoms with Crippen LogP contribution in [0.5, 0.6) is 0 Å². The van der Waals surface area contributed by atoms with Gasteiger partial charge in [-0.05, 0) is 24.3 Å². The van der Waals surface area contributed by atoms with E-state index in [9.17, 15) is 0 Å². The van der Waals surface area contributed by atoms with Gasteiger partial charge in [0.25, 0.3) is 0 Å². The minimum Gasteiger partial charge on any atom is -0.385 e. The summed E-state index contributed by atoms with van der Waals surface area (Å²) in [6.07, 6.45) is 1.12. The van der Waals surface area contributed by atoms with Crippen LogP contribution in [-0.2, 0) is 4.74 Å². The van der Waals surface area contributed by atoms with Crippen molar-refractivity contribution in [2.24, 2.45) is 0 Å². The summed E-state index contributed by atoms with van der Waals surface area (Å²) in [5, 5.41) is 4.10. The molecular formula is C12H18ClNOS. The number of nitrogens with one attached hydrogen (secondary N) is 1. The Balaban J connectivity index is 2.05. The molecule has 1 aromatic carbocycles. The lowest BCUT2D eigenvalue weighted by Gasteiger charge is -2.07. The van der Waals surface area contributed by atoms with E-state index in [1.54, 1.807) is 7.11 Å². The molecule has 1 aromatic rings. The minimum absolute atomic E-state index is 0.784. The standard InChI is InChI=1S/C12H18ClNOS/c1-15-8-4-9-16-10-7-14-12-6-3-2-5-11(12)13/h2-3,5-6,14H,4,7-10H2,1H3. The van der Waals surface area contributed by atoms with E-state index < -0.39 is 0 Å². The zero-order valence-corrected chi connectivity index (χ0v) is 11.1. The third kappa shape index (κ3) is 5.64. The Kier molecular flexibility index (Phi) is 7.47. The van der Waals surface area contributed by atoms with Crippen molar-refractivity contribution in [3.05, 3.63) is 29.3 Å². The van der Waals surface area contributed by atoms with Gasteiger partial charge in [0.15, 0.2) is 0 Å². The van der Waals surface area contributed by atoms with Crippen LogP contribution in [0.3, 0.4) is 0 Å². The zero-order valence-electron chi connectivity index (χ0n) is 9.54. The lowest BCUT2D eigenvalue weighted by Crippen LogP contribution is -2.05. The van der Waals surface area contributed by atoms with Crippen molar-refractivity contribution in [2.45, 2.75) is 6.42 Å². The van der Waals surface area contributed by atoms with Crippen LogP contribution in [0.15, 0.2) is 24.3 Å². The van der Waals surface area contributed by atoms with Crippen LogP contribution in [0.25, 0.3) is 0 Å². The van der Waals surface area contributed by atoms with Crippen LogP contribution in [-0.4, -0.2) is 31.8 Å². The van der Waals surface area contributed by atoms with Crippen molar-refractivity contribution in [3.8, 4) is 0 Å². The second kappa shape index (κ2) is 8.74. The summed E-state index contributed by atoms with van der Waals surface area (Å²) in [5.41, 5.74) is 1.02. The number of rotatable bonds is 8. The predicted octanol–water partition coefficient (Wildman–Crippen LogP) is 3.52. The molecule has 0 atom stereocenters. The van der Waals surface area contributed by atoms with Crippen molar-refractivity contribution in [1.82, 2.24) is 0 Å². The number of hydrogen-bond donors (Lipinski definition) is 1. The number of benzene rings is 1. The summed E-state index contributed by atoms with van der Waals surface area (Å²) < 4.78 is 4.99. The lowest BCUT2D eigenvalue weighted by molar-refractivity contribution is 0.200. The molecule has 0 aliphatic heterocycles. The summed E-state index contributed by atoms with van der Waals surface area (Å²) in [6, 6.07) is 7.82. The molecule has 90 valence electrons. The molecule has 16 heavy (non-hydrogen) atoms. The molecule has 0 saturated carbocycles. The zero-order chi connectivity index (χ0) is 11.6. The first-order valence-corrected chi connectivity index (χ1v) is 6.93. The topological polar surface area (TPSA) is 21.3 Å². The third-order valence-electron chi connectivity index (χ3n) is 2.07. The Labute approximate surface area is 107 Å². The quantitative estimate of drug-likeness (QED) is 0.722. The average molecular weight is 260 g/mol. The van der Waals surface area contributed by atoms with E-state index in [-0.39, 0.29) is 0 Å². The van der Waals surface area contributed by atoms with Crippen molar-refractivity contribution >= 4 is 29.1 Å². The second-order valence-electron chi connectivity index (χ2n) is 3.37. The molecule has 0 aromatic heterocycles. The van der Waals surface area contributed by atoms with Gasteiger partial charge in [0.05, 0.1) is 10.7 Å². The summed E-state index contributed by atoms with van der Waals surface area (Å²) in [7, 11) is 1.74. The molecular weight excluding hydrogens is 242 g/mol. The SMILES string of the molecule is COCCCSCCNc1ccccc1Cl. The number of methoxy groups -OCH3 is 1. The molecule has 0 aliphatic carbocycles. The number of anilines is 1. The molecule has 0 radical (unpaired) electrons. The molecule has 1 rings (SSSR count). The summed E-state index contributed by atoms with van der Waals surface area (Å²) >= 11 is 7.95. The molecule has 1 N–H and O–H groups in total. The van der Waals surface area contributed by atoms with E-state index in [4.69, 9.17) is 16.3 Å². The lowest BCUT2D eigenvalue weighted by atomic mass is 10.3. The summed E-state index contributed by atoms with van der Waals surface area (Å²) in [6.45, 7) is 1.80. The van der Waals surface area contributed by atoms with Crippen molar-refractivity contribution in [3.63, 3.8) is 0 Å². The first-order valence-electron chi connectivity index (χ1n) is 5.39. The monoisotopic (exact) mass is 259 g/mol. The number of para-hydroxylation sites is 1. The summed E-state index contributed by atoms with van der Waals surface area (Å²) in [5.74, 6) is 2.24. The van der Waals surface area contributed by atoms with Crippen molar-refractivity contribution in [1.29, 1.82) is 0 Å². The van der Waals surface area contributed by atoms with E-state index in [0.717, 1.165) is 41.8 Å². The highest BCUT2D eigenvalue weighted by Crippen LogP contribution is 2.20. The third-order valence-corrected chi connectivity index (χ3v) is 3.47. The maximum atomic E-state index is 6.02. The Morgan fingerprint density at radius 1 is 1.31 bits per heavy atom. The van der Waals surface area contributed by atoms with E-state index in [1.807, 2.05) is 36.0 Å². The highest BCUT2D eigenvalue weighted by molar-refractivity contribution is 7.99. The average Bonchev–Trinajstić information content (AvgIpc) is 2.30. The van der Waals surface area contributed by atoms with E-state index in [1.165, 1.54) is 0 Å². The molecule has 2 nitrogen and oxygen atoms in total. The van der Waals surface area contributed by atoms with Gasteiger partial charge in [-0.25, -0.2) is 0 Å². The Hall–Kier alpha value is -0.380. The number of ether oxygens (including phenoxy) is 1. The first-order chi connectivity index (χ1) is 7.84. The van der Waals surface area contributed by atoms with Gasteiger partial charge < -0.3 is 10.1 Å². The first kappa shape index (κ1) is 13.7. The molecule has 0 amide bonds. The van der Waals surface area contributed by atoms with Gasteiger partial charge in [-0.1, -0.05) is 23.7 Å². The maximum Gasteiger partial charge on any atom is 0.0637 e. The van der Waals surface area contributed by atoms with Crippen LogP contribution < -0.4 is 5.32 Å². The number of thioether (sulfide) groups is 1. The molecule has 4 heteroatoms. The smallest absolute Gasteiger partial charge is 0.0637 e. The molecule has 0 fully saturated rings. The van der Waals surface area contributed by atoms with Gasteiger partial charge in [0, 0.05) is 26.0 Å². The maximum absolute atomic E-state index is 6.02. The van der Waals surface area contributed by atoms with Crippen LogP contribution in [0.1, 0.15) is 6.42 Å². The highest BCUT2D eigenvalue weighted by atomic mass is 35.5. The molecule has 0 saturated heterocycles. The Morgan fingerprint density at radius 2 is 2.12 bits per heavy atom. The molecule has 0 heterocycles. The van der Waals surface area contributed by atoms with Gasteiger partial charge in [-0.3, -0.25) is 0 Å². The number of hydrogen-bond acceptors (Lipinski definition) is 3. The predicted molar refractivity (Wildman–Crippen MR) is 73.8 cm³/mol. The fourth-order valence-corrected chi connectivity index (χ4v) is 2.24. The Morgan fingerprint density at radius 3 is 2.88 bits per heavy atom. The van der Waals surface area contributed by atoms with Crippen LogP contribution in [0, 0.1) is 0 Å². The molecule has 0 unspecified atom stereocenters. The van der Waals surface area contributed by atoms with Crippen LogP contribution >= 0.6 is 23.4 Å². The van der Waals surface area contributed by atoms with Crippen LogP contribution in [0.4, 0.5) is 5.69 Å². The van der Waals surface area contributed by atoms with Crippen LogP contribution in [0.2, 0.25) is 5.02 Å². The van der Waals surface area contributed by atoms with Gasteiger partial charge in [-0.15, -0.1) is 0 Å². The molecule has 0 bridgehead atoms. The summed E-state index contributed by atoms with van der Waals surface area (Å²) in [4.78, 5) is 0. The number of halogens is 1. The van der Waals surface area contributed by atoms with E-state index in [0.29, 0.717) is 0 Å². The largest absolute Gasteiger partial charge is 0.385 e. The fourth-order valence-electron chi connectivity index (χ4n) is 1.27. The molecule has 0 aliphatic rings. The normalized spacial score (nSPS) is 10.4. The molecule has 0 spiro atoms. The fraction of sp³-hybridized carbons (Fsp3) is 0.500. The van der Waals surface area contributed by atoms with Crippen molar-refractivity contribution in [2.75, 3.05) is 37.1 Å². The van der Waals surface area contributed by atoms with Gasteiger partial charge in [-0.2, -0.15) is 11.8 Å². The van der Waals surface area contributed by atoms with Gasteiger partial charge in [0.1, 0.15) is 0 Å². The van der Waals surface area contributed by atoms with Gasteiger partial charge >= 0.3 is 0 Å². The Bertz CT molecular complexity index is 296. The minimum atomic E-state index is 0.784. The van der Waals surface area contributed by atoms with Crippen molar-refractivity contribution < 1.29 is 4.74 Å².